The van der Waals surface area contributed by atoms with Crippen molar-refractivity contribution in [3.63, 3.8) is 0 Å². The van der Waals surface area contributed by atoms with E-state index in [0.717, 1.165) is 22.1 Å². The van der Waals surface area contributed by atoms with Gasteiger partial charge in [-0.1, -0.05) is 24.3 Å². The molecule has 1 atom stereocenters. The number of anilines is 1. The molecule has 0 radical (unpaired) electrons. The van der Waals surface area contributed by atoms with Gasteiger partial charge in [0.25, 0.3) is 0 Å². The van der Waals surface area contributed by atoms with E-state index in [9.17, 15) is 0 Å². The van der Waals surface area contributed by atoms with Crippen molar-refractivity contribution in [1.29, 1.82) is 5.41 Å². The molecule has 106 valence electrons. The zero-order valence-corrected chi connectivity index (χ0v) is 13.0. The standard InChI is InChI=1S/C16H21N3S/c1-11(10-20-3)19(2)15-9-8-14(16(17)18)12-6-4-5-7-13(12)15/h4-9,11H,10H2,1-3H3,(H3,17,18). The fourth-order valence-corrected chi connectivity index (χ4v) is 3.12. The van der Waals surface area contributed by atoms with Crippen LogP contribution in [0.2, 0.25) is 0 Å². The van der Waals surface area contributed by atoms with Crippen LogP contribution in [0.15, 0.2) is 36.4 Å². The van der Waals surface area contributed by atoms with E-state index in [-0.39, 0.29) is 5.84 Å². The van der Waals surface area contributed by atoms with Crippen molar-refractivity contribution in [2.75, 3.05) is 24.0 Å². The minimum Gasteiger partial charge on any atom is -0.384 e. The molecule has 0 saturated carbocycles. The molecule has 0 aliphatic rings. The van der Waals surface area contributed by atoms with Gasteiger partial charge in [-0.25, -0.2) is 0 Å². The second-order valence-electron chi connectivity index (χ2n) is 5.01. The lowest BCUT2D eigenvalue weighted by molar-refractivity contribution is 0.768. The van der Waals surface area contributed by atoms with Crippen LogP contribution in [-0.4, -0.2) is 30.9 Å². The number of benzene rings is 2. The number of nitrogen functional groups attached to an aromatic ring is 1. The molecule has 20 heavy (non-hydrogen) atoms. The molecule has 0 aliphatic carbocycles. The van der Waals surface area contributed by atoms with E-state index in [1.54, 1.807) is 0 Å². The van der Waals surface area contributed by atoms with Crippen LogP contribution in [0.4, 0.5) is 5.69 Å². The Morgan fingerprint density at radius 3 is 2.50 bits per heavy atom. The number of nitrogens with zero attached hydrogens (tertiary/aromatic N) is 1. The highest BCUT2D eigenvalue weighted by atomic mass is 32.2. The second kappa shape index (κ2) is 6.18. The molecule has 0 saturated heterocycles. The van der Waals surface area contributed by atoms with E-state index in [1.807, 2.05) is 36.0 Å². The van der Waals surface area contributed by atoms with Gasteiger partial charge in [-0.05, 0) is 30.7 Å². The first-order valence-electron chi connectivity index (χ1n) is 6.64. The maximum absolute atomic E-state index is 7.71. The van der Waals surface area contributed by atoms with Crippen LogP contribution in [0.5, 0.6) is 0 Å². The summed E-state index contributed by atoms with van der Waals surface area (Å²) in [4.78, 5) is 2.29. The van der Waals surface area contributed by atoms with Crippen LogP contribution < -0.4 is 10.6 Å². The van der Waals surface area contributed by atoms with Crippen LogP contribution in [-0.2, 0) is 0 Å². The number of nitrogens with one attached hydrogen (secondary N) is 1. The molecule has 0 aromatic heterocycles. The van der Waals surface area contributed by atoms with Crippen LogP contribution in [0.3, 0.4) is 0 Å². The number of nitrogens with two attached hydrogens (primary N) is 1. The molecule has 2 aromatic carbocycles. The Kier molecular flexibility index (Phi) is 4.55. The summed E-state index contributed by atoms with van der Waals surface area (Å²) in [6.45, 7) is 2.23. The predicted octanol–water partition coefficient (Wildman–Crippen LogP) is 3.31. The second-order valence-corrected chi connectivity index (χ2v) is 5.92. The molecule has 3 nitrogen and oxygen atoms in total. The van der Waals surface area contributed by atoms with Gasteiger partial charge in [0, 0.05) is 35.5 Å². The van der Waals surface area contributed by atoms with Crippen LogP contribution >= 0.6 is 11.8 Å². The fraction of sp³-hybridized carbons (Fsp3) is 0.312. The molecule has 0 aliphatic heterocycles. The lowest BCUT2D eigenvalue weighted by Gasteiger charge is -2.28. The van der Waals surface area contributed by atoms with Crippen molar-refractivity contribution >= 4 is 34.1 Å². The first kappa shape index (κ1) is 14.7. The van der Waals surface area contributed by atoms with Crippen molar-refractivity contribution < 1.29 is 0 Å². The summed E-state index contributed by atoms with van der Waals surface area (Å²) in [5, 5.41) is 9.90. The van der Waals surface area contributed by atoms with Crippen molar-refractivity contribution in [1.82, 2.24) is 0 Å². The number of rotatable bonds is 5. The summed E-state index contributed by atoms with van der Waals surface area (Å²) in [6.07, 6.45) is 2.13. The van der Waals surface area contributed by atoms with E-state index in [0.29, 0.717) is 6.04 Å². The third-order valence-electron chi connectivity index (χ3n) is 3.64. The van der Waals surface area contributed by atoms with Gasteiger partial charge in [0.15, 0.2) is 0 Å². The summed E-state index contributed by atoms with van der Waals surface area (Å²) in [7, 11) is 2.12. The normalized spacial score (nSPS) is 12.3. The van der Waals surface area contributed by atoms with E-state index >= 15 is 0 Å². The van der Waals surface area contributed by atoms with Crippen LogP contribution in [0.1, 0.15) is 12.5 Å². The average molecular weight is 287 g/mol. The van der Waals surface area contributed by atoms with Crippen LogP contribution in [0.25, 0.3) is 10.8 Å². The lowest BCUT2D eigenvalue weighted by atomic mass is 10.0. The summed E-state index contributed by atoms with van der Waals surface area (Å²) in [5.74, 6) is 1.20. The molecule has 4 heteroatoms. The third kappa shape index (κ3) is 2.75. The molecule has 2 aromatic rings. The molecule has 3 N–H and O–H groups in total. The number of thioether (sulfide) groups is 1. The average Bonchev–Trinajstić information content (AvgIpc) is 2.45. The maximum Gasteiger partial charge on any atom is 0.123 e. The summed E-state index contributed by atoms with van der Waals surface area (Å²) < 4.78 is 0. The minimum atomic E-state index is 0.118. The Balaban J connectivity index is 2.56. The Morgan fingerprint density at radius 1 is 1.25 bits per heavy atom. The van der Waals surface area contributed by atoms with Gasteiger partial charge in [0.2, 0.25) is 0 Å². The van der Waals surface area contributed by atoms with Crippen molar-refractivity contribution in [3.8, 4) is 0 Å². The molecular formula is C16H21N3S. The molecule has 0 fully saturated rings. The van der Waals surface area contributed by atoms with E-state index < -0.39 is 0 Å². The summed E-state index contributed by atoms with van der Waals surface area (Å²) in [6, 6.07) is 12.6. The molecule has 0 spiro atoms. The van der Waals surface area contributed by atoms with Crippen LogP contribution in [0, 0.1) is 5.41 Å². The zero-order chi connectivity index (χ0) is 14.7. The quantitative estimate of drug-likeness (QED) is 0.655. The van der Waals surface area contributed by atoms with Gasteiger partial charge in [0.1, 0.15) is 5.84 Å². The maximum atomic E-state index is 7.71. The van der Waals surface area contributed by atoms with Crippen molar-refractivity contribution in [2.24, 2.45) is 5.73 Å². The highest BCUT2D eigenvalue weighted by molar-refractivity contribution is 7.98. The topological polar surface area (TPSA) is 53.1 Å². The number of fused-ring (bicyclic) bond motifs is 1. The molecular weight excluding hydrogens is 266 g/mol. The Bertz CT molecular complexity index is 624. The molecule has 0 amide bonds. The zero-order valence-electron chi connectivity index (χ0n) is 12.2. The first-order valence-corrected chi connectivity index (χ1v) is 8.03. The van der Waals surface area contributed by atoms with Gasteiger partial charge < -0.3 is 10.6 Å². The van der Waals surface area contributed by atoms with Gasteiger partial charge >= 0.3 is 0 Å². The molecule has 0 bridgehead atoms. The van der Waals surface area contributed by atoms with Crippen molar-refractivity contribution in [2.45, 2.75) is 13.0 Å². The number of hydrogen-bond donors (Lipinski definition) is 2. The van der Waals surface area contributed by atoms with Gasteiger partial charge in [0.05, 0.1) is 0 Å². The first-order chi connectivity index (χ1) is 9.56. The van der Waals surface area contributed by atoms with Gasteiger partial charge in [-0.15, -0.1) is 0 Å². The molecule has 2 rings (SSSR count). The highest BCUT2D eigenvalue weighted by Gasteiger charge is 2.14. The van der Waals surface area contributed by atoms with Gasteiger partial charge in [-0.3, -0.25) is 5.41 Å². The predicted molar refractivity (Wildman–Crippen MR) is 91.2 cm³/mol. The monoisotopic (exact) mass is 287 g/mol. The highest BCUT2D eigenvalue weighted by Crippen LogP contribution is 2.30. The summed E-state index contributed by atoms with van der Waals surface area (Å²) in [5.41, 5.74) is 7.67. The summed E-state index contributed by atoms with van der Waals surface area (Å²) >= 11 is 1.85. The van der Waals surface area contributed by atoms with Gasteiger partial charge in [-0.2, -0.15) is 11.8 Å². The third-order valence-corrected chi connectivity index (χ3v) is 4.46. The Morgan fingerprint density at radius 2 is 1.90 bits per heavy atom. The largest absolute Gasteiger partial charge is 0.384 e. The van der Waals surface area contributed by atoms with E-state index in [2.05, 4.69) is 37.3 Å². The SMILES string of the molecule is CSCC(C)N(C)c1ccc(C(=N)N)c2ccccc12. The Hall–Kier alpha value is -1.68. The molecule has 1 unspecified atom stereocenters. The number of hydrogen-bond acceptors (Lipinski definition) is 3. The fourth-order valence-electron chi connectivity index (χ4n) is 2.42. The lowest BCUT2D eigenvalue weighted by Crippen LogP contribution is -2.31. The minimum absolute atomic E-state index is 0.118. The van der Waals surface area contributed by atoms with E-state index in [4.69, 9.17) is 11.1 Å². The smallest absolute Gasteiger partial charge is 0.123 e. The van der Waals surface area contributed by atoms with E-state index in [1.165, 1.54) is 5.69 Å². The molecule has 0 heterocycles. The van der Waals surface area contributed by atoms with Crippen molar-refractivity contribution in [3.05, 3.63) is 42.0 Å². The Labute approximate surface area is 124 Å². The number of amidine groups is 1.